The first-order valence-corrected chi connectivity index (χ1v) is 12.5. The molecule has 0 fully saturated rings. The molecule has 0 aliphatic heterocycles. The van der Waals surface area contributed by atoms with E-state index in [0.29, 0.717) is 0 Å². The molecule has 2 heteroatoms. The minimum absolute atomic E-state index is 0.778. The van der Waals surface area contributed by atoms with Crippen LogP contribution in [-0.4, -0.2) is 4.57 Å². The molecular weight excluding hydrogens is 458 g/mol. The van der Waals surface area contributed by atoms with E-state index in [0.717, 1.165) is 27.1 Å². The third-order valence-corrected chi connectivity index (χ3v) is 7.36. The summed E-state index contributed by atoms with van der Waals surface area (Å²) in [6, 6.07) is 47.3. The maximum Gasteiger partial charge on any atom is 0.0556 e. The molecule has 7 aromatic rings. The number of hydrogen-bond donors (Lipinski definition) is 0. The Morgan fingerprint density at radius 1 is 0.472 bits per heavy atom. The Bertz CT molecular complexity index is 1910. The molecule has 0 amide bonds. The van der Waals surface area contributed by atoms with Crippen LogP contribution in [0.25, 0.3) is 60.5 Å². The number of benzene rings is 6. The van der Waals surface area contributed by atoms with Crippen LogP contribution in [0.3, 0.4) is 0 Å². The minimum Gasteiger partial charge on any atom is -0.309 e. The molecule has 0 radical (unpaired) electrons. The van der Waals surface area contributed by atoms with Crippen LogP contribution in [0.5, 0.6) is 0 Å². The predicted octanol–water partition coefficient (Wildman–Crippen LogP) is 9.92. The third kappa shape index (κ3) is 3.32. The van der Waals surface area contributed by atoms with Gasteiger partial charge >= 0.3 is 0 Å². The van der Waals surface area contributed by atoms with Gasteiger partial charge in [-0.2, -0.15) is 0 Å². The van der Waals surface area contributed by atoms with Crippen LogP contribution in [-0.2, 0) is 0 Å². The van der Waals surface area contributed by atoms with Crippen molar-refractivity contribution in [1.29, 1.82) is 0 Å². The SMILES string of the molecule is Clc1cccc2c1c1ccccc1n2-c1cccc(-c2ccccc2-c2ccc3ccccc3c2)c1. The van der Waals surface area contributed by atoms with E-state index in [1.54, 1.807) is 0 Å². The average molecular weight is 480 g/mol. The van der Waals surface area contributed by atoms with Crippen LogP contribution in [0, 0.1) is 0 Å². The van der Waals surface area contributed by atoms with Crippen LogP contribution < -0.4 is 0 Å². The number of rotatable bonds is 3. The lowest BCUT2D eigenvalue weighted by Gasteiger charge is -2.14. The summed E-state index contributed by atoms with van der Waals surface area (Å²) in [4.78, 5) is 0. The van der Waals surface area contributed by atoms with Crippen molar-refractivity contribution < 1.29 is 0 Å². The van der Waals surface area contributed by atoms with Gasteiger partial charge in [0.2, 0.25) is 0 Å². The molecule has 0 atom stereocenters. The molecule has 0 saturated carbocycles. The van der Waals surface area contributed by atoms with Crippen LogP contribution in [0.4, 0.5) is 0 Å². The van der Waals surface area contributed by atoms with Crippen LogP contribution >= 0.6 is 11.6 Å². The Hall–Kier alpha value is -4.33. The van der Waals surface area contributed by atoms with Crippen LogP contribution in [0.15, 0.2) is 133 Å². The van der Waals surface area contributed by atoms with E-state index in [9.17, 15) is 0 Å². The number of hydrogen-bond acceptors (Lipinski definition) is 0. The Balaban J connectivity index is 1.43. The molecule has 0 aliphatic rings. The van der Waals surface area contributed by atoms with Gasteiger partial charge in [-0.25, -0.2) is 0 Å². The Morgan fingerprint density at radius 2 is 1.14 bits per heavy atom. The summed E-state index contributed by atoms with van der Waals surface area (Å²) >= 11 is 6.68. The zero-order valence-electron chi connectivity index (χ0n) is 19.5. The Labute approximate surface area is 214 Å². The van der Waals surface area contributed by atoms with Gasteiger partial charge in [0.05, 0.1) is 16.1 Å². The van der Waals surface area contributed by atoms with Gasteiger partial charge in [0.1, 0.15) is 0 Å². The smallest absolute Gasteiger partial charge is 0.0556 e. The highest BCUT2D eigenvalue weighted by Crippen LogP contribution is 2.38. The van der Waals surface area contributed by atoms with Gasteiger partial charge in [-0.3, -0.25) is 0 Å². The molecule has 0 N–H and O–H groups in total. The fraction of sp³-hybridized carbons (Fsp3) is 0. The van der Waals surface area contributed by atoms with E-state index in [2.05, 4.69) is 126 Å². The molecule has 0 unspecified atom stereocenters. The molecule has 170 valence electrons. The fourth-order valence-corrected chi connectivity index (χ4v) is 5.68. The summed E-state index contributed by atoms with van der Waals surface area (Å²) in [6.07, 6.45) is 0. The molecule has 0 saturated heterocycles. The van der Waals surface area contributed by atoms with Crippen molar-refractivity contribution in [3.63, 3.8) is 0 Å². The standard InChI is InChI=1S/C34H22ClN/c35-31-16-8-18-33-34(31)30-15-5-6-17-32(30)36(33)27-12-7-11-25(22-27)28-13-3-4-14-29(28)26-20-19-23-9-1-2-10-24(23)21-26/h1-22H. The van der Waals surface area contributed by atoms with Crippen molar-refractivity contribution in [3.8, 4) is 27.9 Å². The molecule has 0 bridgehead atoms. The number of halogens is 1. The fourth-order valence-electron chi connectivity index (χ4n) is 5.41. The highest BCUT2D eigenvalue weighted by Gasteiger charge is 2.15. The average Bonchev–Trinajstić information content (AvgIpc) is 3.28. The van der Waals surface area contributed by atoms with Crippen molar-refractivity contribution in [2.24, 2.45) is 0 Å². The quantitative estimate of drug-likeness (QED) is 0.237. The maximum absolute atomic E-state index is 6.68. The highest BCUT2D eigenvalue weighted by molar-refractivity contribution is 6.38. The van der Waals surface area contributed by atoms with E-state index in [4.69, 9.17) is 11.6 Å². The zero-order valence-corrected chi connectivity index (χ0v) is 20.3. The maximum atomic E-state index is 6.68. The summed E-state index contributed by atoms with van der Waals surface area (Å²) in [5.41, 5.74) is 8.24. The molecule has 1 aromatic heterocycles. The Kier molecular flexibility index (Phi) is 4.90. The Morgan fingerprint density at radius 3 is 2.00 bits per heavy atom. The van der Waals surface area contributed by atoms with E-state index >= 15 is 0 Å². The first kappa shape index (κ1) is 21.0. The zero-order chi connectivity index (χ0) is 24.1. The van der Waals surface area contributed by atoms with Gasteiger partial charge in [-0.1, -0.05) is 109 Å². The van der Waals surface area contributed by atoms with E-state index in [1.807, 2.05) is 12.1 Å². The topological polar surface area (TPSA) is 4.93 Å². The second-order valence-corrected chi connectivity index (χ2v) is 9.55. The van der Waals surface area contributed by atoms with Gasteiger partial charge < -0.3 is 4.57 Å². The van der Waals surface area contributed by atoms with Crippen molar-refractivity contribution >= 4 is 44.2 Å². The third-order valence-electron chi connectivity index (χ3n) is 7.05. The normalized spacial score (nSPS) is 11.5. The minimum atomic E-state index is 0.778. The van der Waals surface area contributed by atoms with Gasteiger partial charge in [0.15, 0.2) is 0 Å². The molecule has 6 aromatic carbocycles. The highest BCUT2D eigenvalue weighted by atomic mass is 35.5. The number of para-hydroxylation sites is 1. The van der Waals surface area contributed by atoms with Crippen LogP contribution in [0.1, 0.15) is 0 Å². The van der Waals surface area contributed by atoms with E-state index < -0.39 is 0 Å². The van der Waals surface area contributed by atoms with Gasteiger partial charge in [0.25, 0.3) is 0 Å². The summed E-state index contributed by atoms with van der Waals surface area (Å²) in [5, 5.41) is 5.54. The van der Waals surface area contributed by atoms with Gasteiger partial charge in [-0.15, -0.1) is 0 Å². The number of aromatic nitrogens is 1. The number of fused-ring (bicyclic) bond motifs is 4. The molecular formula is C34H22ClN. The molecule has 7 rings (SSSR count). The lowest BCUT2D eigenvalue weighted by molar-refractivity contribution is 1.18. The summed E-state index contributed by atoms with van der Waals surface area (Å²) in [5.74, 6) is 0. The summed E-state index contributed by atoms with van der Waals surface area (Å²) in [6.45, 7) is 0. The molecule has 1 heterocycles. The molecule has 1 nitrogen and oxygen atoms in total. The summed E-state index contributed by atoms with van der Waals surface area (Å²) < 4.78 is 2.32. The van der Waals surface area contributed by atoms with Crippen molar-refractivity contribution in [2.75, 3.05) is 0 Å². The van der Waals surface area contributed by atoms with Gasteiger partial charge in [0, 0.05) is 16.5 Å². The van der Waals surface area contributed by atoms with Crippen LogP contribution in [0.2, 0.25) is 5.02 Å². The number of nitrogens with zero attached hydrogens (tertiary/aromatic N) is 1. The first-order valence-electron chi connectivity index (χ1n) is 12.1. The largest absolute Gasteiger partial charge is 0.309 e. The molecule has 0 aliphatic carbocycles. The second-order valence-electron chi connectivity index (χ2n) is 9.14. The second kappa shape index (κ2) is 8.41. The monoisotopic (exact) mass is 479 g/mol. The lowest BCUT2D eigenvalue weighted by atomic mass is 9.93. The van der Waals surface area contributed by atoms with Crippen molar-refractivity contribution in [2.45, 2.75) is 0 Å². The van der Waals surface area contributed by atoms with Crippen molar-refractivity contribution in [3.05, 3.63) is 138 Å². The van der Waals surface area contributed by atoms with E-state index in [1.165, 1.54) is 38.4 Å². The van der Waals surface area contributed by atoms with E-state index in [-0.39, 0.29) is 0 Å². The first-order chi connectivity index (χ1) is 17.8. The lowest BCUT2D eigenvalue weighted by Crippen LogP contribution is -1.94. The molecule has 0 spiro atoms. The van der Waals surface area contributed by atoms with Crippen molar-refractivity contribution in [1.82, 2.24) is 4.57 Å². The predicted molar refractivity (Wildman–Crippen MR) is 154 cm³/mol. The summed E-state index contributed by atoms with van der Waals surface area (Å²) in [7, 11) is 0. The molecule has 36 heavy (non-hydrogen) atoms. The van der Waals surface area contributed by atoms with Gasteiger partial charge in [-0.05, 0) is 69.4 Å².